The molecule has 0 bridgehead atoms. The average molecular weight is 210 g/mol. The summed E-state index contributed by atoms with van der Waals surface area (Å²) >= 11 is 0. The van der Waals surface area contributed by atoms with E-state index in [1.807, 2.05) is 13.8 Å². The van der Waals surface area contributed by atoms with Crippen LogP contribution in [0.15, 0.2) is 12.1 Å². The van der Waals surface area contributed by atoms with Crippen molar-refractivity contribution in [1.82, 2.24) is 0 Å². The van der Waals surface area contributed by atoms with Crippen LogP contribution in [0.25, 0.3) is 0 Å². The summed E-state index contributed by atoms with van der Waals surface area (Å²) in [5.74, 6) is -1.01. The van der Waals surface area contributed by atoms with Crippen molar-refractivity contribution in [3.63, 3.8) is 0 Å². The lowest BCUT2D eigenvalue weighted by molar-refractivity contribution is -0.137. The van der Waals surface area contributed by atoms with Crippen molar-refractivity contribution in [2.75, 3.05) is 0 Å². The molecule has 3 heteroatoms. The molecule has 0 aliphatic carbocycles. The van der Waals surface area contributed by atoms with Gasteiger partial charge in [0, 0.05) is 6.42 Å². The Labute approximate surface area is 88.7 Å². The summed E-state index contributed by atoms with van der Waals surface area (Å²) in [6, 6.07) is 2.98. The maximum absolute atomic E-state index is 13.0. The molecular weight excluding hydrogens is 195 g/mol. The highest BCUT2D eigenvalue weighted by atomic mass is 19.1. The molecule has 0 saturated heterocycles. The van der Waals surface area contributed by atoms with Crippen LogP contribution in [0, 0.1) is 19.7 Å². The van der Waals surface area contributed by atoms with E-state index in [1.165, 1.54) is 12.1 Å². The normalized spacial score (nSPS) is 10.3. The van der Waals surface area contributed by atoms with Gasteiger partial charge in [-0.2, -0.15) is 0 Å². The highest BCUT2D eigenvalue weighted by molar-refractivity contribution is 5.66. The van der Waals surface area contributed by atoms with Crippen LogP contribution in [0.4, 0.5) is 4.39 Å². The van der Waals surface area contributed by atoms with Crippen molar-refractivity contribution < 1.29 is 14.3 Å². The summed E-state index contributed by atoms with van der Waals surface area (Å²) in [6.07, 6.45) is 1.46. The van der Waals surface area contributed by atoms with Gasteiger partial charge in [-0.1, -0.05) is 0 Å². The lowest BCUT2D eigenvalue weighted by Gasteiger charge is -2.09. The number of rotatable bonds is 4. The SMILES string of the molecule is Cc1cc(F)cc(C)c1CCCC(=O)O. The molecule has 0 spiro atoms. The average Bonchev–Trinajstić information content (AvgIpc) is 2.08. The smallest absolute Gasteiger partial charge is 0.303 e. The Kier molecular flexibility index (Phi) is 3.83. The van der Waals surface area contributed by atoms with Gasteiger partial charge < -0.3 is 5.11 Å². The van der Waals surface area contributed by atoms with Crippen molar-refractivity contribution in [3.05, 3.63) is 34.6 Å². The van der Waals surface area contributed by atoms with E-state index < -0.39 is 5.97 Å². The molecule has 0 radical (unpaired) electrons. The van der Waals surface area contributed by atoms with E-state index in [-0.39, 0.29) is 12.2 Å². The molecule has 1 aromatic carbocycles. The van der Waals surface area contributed by atoms with Crippen LogP contribution >= 0.6 is 0 Å². The highest BCUT2D eigenvalue weighted by Gasteiger charge is 2.06. The van der Waals surface area contributed by atoms with E-state index in [2.05, 4.69) is 0 Å². The lowest BCUT2D eigenvalue weighted by atomic mass is 9.98. The van der Waals surface area contributed by atoms with Gasteiger partial charge in [-0.05, 0) is 55.5 Å². The molecule has 0 atom stereocenters. The van der Waals surface area contributed by atoms with Crippen LogP contribution in [0.2, 0.25) is 0 Å². The Morgan fingerprint density at radius 3 is 2.33 bits per heavy atom. The van der Waals surface area contributed by atoms with E-state index in [4.69, 9.17) is 5.11 Å². The number of hydrogen-bond acceptors (Lipinski definition) is 1. The Morgan fingerprint density at radius 2 is 1.87 bits per heavy atom. The molecule has 0 aromatic heterocycles. The minimum atomic E-state index is -0.785. The second-order valence-electron chi connectivity index (χ2n) is 3.77. The van der Waals surface area contributed by atoms with Crippen molar-refractivity contribution in [3.8, 4) is 0 Å². The number of benzene rings is 1. The van der Waals surface area contributed by atoms with Gasteiger partial charge in [0.05, 0.1) is 0 Å². The summed E-state index contributed by atoms with van der Waals surface area (Å²) in [4.78, 5) is 10.4. The zero-order valence-corrected chi connectivity index (χ0v) is 9.01. The molecule has 1 N–H and O–H groups in total. The number of hydrogen-bond donors (Lipinski definition) is 1. The molecule has 0 heterocycles. The van der Waals surface area contributed by atoms with Gasteiger partial charge in [-0.3, -0.25) is 4.79 Å². The number of halogens is 1. The predicted octanol–water partition coefficient (Wildman–Crippen LogP) is 2.85. The van der Waals surface area contributed by atoms with Gasteiger partial charge in [0.2, 0.25) is 0 Å². The lowest BCUT2D eigenvalue weighted by Crippen LogP contribution is -1.99. The zero-order chi connectivity index (χ0) is 11.4. The summed E-state index contributed by atoms with van der Waals surface area (Å²) < 4.78 is 13.0. The molecule has 82 valence electrons. The highest BCUT2D eigenvalue weighted by Crippen LogP contribution is 2.18. The molecule has 1 rings (SSSR count). The van der Waals surface area contributed by atoms with Gasteiger partial charge in [-0.15, -0.1) is 0 Å². The molecule has 2 nitrogen and oxygen atoms in total. The minimum Gasteiger partial charge on any atom is -0.481 e. The van der Waals surface area contributed by atoms with Crippen molar-refractivity contribution in [2.45, 2.75) is 33.1 Å². The zero-order valence-electron chi connectivity index (χ0n) is 9.01. The number of aryl methyl sites for hydroxylation is 2. The third-order valence-corrected chi connectivity index (χ3v) is 2.48. The summed E-state index contributed by atoms with van der Waals surface area (Å²) in [6.45, 7) is 3.71. The monoisotopic (exact) mass is 210 g/mol. The van der Waals surface area contributed by atoms with E-state index in [0.717, 1.165) is 16.7 Å². The van der Waals surface area contributed by atoms with Crippen LogP contribution in [-0.4, -0.2) is 11.1 Å². The maximum Gasteiger partial charge on any atom is 0.303 e. The van der Waals surface area contributed by atoms with Crippen molar-refractivity contribution in [2.24, 2.45) is 0 Å². The van der Waals surface area contributed by atoms with E-state index in [0.29, 0.717) is 12.8 Å². The van der Waals surface area contributed by atoms with Crippen LogP contribution in [0.1, 0.15) is 29.5 Å². The van der Waals surface area contributed by atoms with Crippen LogP contribution in [0.3, 0.4) is 0 Å². The molecule has 0 unspecified atom stereocenters. The molecular formula is C12H15FO2. The first-order chi connectivity index (χ1) is 7.00. The van der Waals surface area contributed by atoms with Gasteiger partial charge in [0.25, 0.3) is 0 Å². The quantitative estimate of drug-likeness (QED) is 0.829. The first-order valence-electron chi connectivity index (χ1n) is 4.98. The minimum absolute atomic E-state index is 0.163. The largest absolute Gasteiger partial charge is 0.481 e. The van der Waals surface area contributed by atoms with E-state index in [1.54, 1.807) is 0 Å². The molecule has 15 heavy (non-hydrogen) atoms. The topological polar surface area (TPSA) is 37.3 Å². The first-order valence-corrected chi connectivity index (χ1v) is 4.98. The third-order valence-electron chi connectivity index (χ3n) is 2.48. The first kappa shape index (κ1) is 11.7. The fourth-order valence-electron chi connectivity index (χ4n) is 1.75. The summed E-state index contributed by atoms with van der Waals surface area (Å²) in [5.41, 5.74) is 2.87. The van der Waals surface area contributed by atoms with Gasteiger partial charge in [0.15, 0.2) is 0 Å². The Hall–Kier alpha value is -1.38. The van der Waals surface area contributed by atoms with E-state index >= 15 is 0 Å². The Morgan fingerprint density at radius 1 is 1.33 bits per heavy atom. The number of carboxylic acid groups (broad SMARTS) is 1. The molecule has 0 saturated carbocycles. The molecule has 0 aliphatic heterocycles. The Bertz CT molecular complexity index is 349. The molecule has 0 amide bonds. The van der Waals surface area contributed by atoms with Crippen LogP contribution in [0.5, 0.6) is 0 Å². The summed E-state index contributed by atoms with van der Waals surface area (Å²) in [7, 11) is 0. The van der Waals surface area contributed by atoms with Gasteiger partial charge >= 0.3 is 5.97 Å². The predicted molar refractivity (Wildman–Crippen MR) is 56.4 cm³/mol. The second kappa shape index (κ2) is 4.91. The number of carboxylic acids is 1. The Balaban J connectivity index is 2.72. The molecule has 0 aliphatic rings. The molecule has 0 fully saturated rings. The van der Waals surface area contributed by atoms with Crippen LogP contribution in [-0.2, 0) is 11.2 Å². The summed E-state index contributed by atoms with van der Waals surface area (Å²) in [5, 5.41) is 8.51. The fourth-order valence-corrected chi connectivity index (χ4v) is 1.75. The molecule has 1 aromatic rings. The standard InChI is InChI=1S/C12H15FO2/c1-8-6-10(13)7-9(2)11(8)4-3-5-12(14)15/h6-7H,3-5H2,1-2H3,(H,14,15). The fraction of sp³-hybridized carbons (Fsp3) is 0.417. The maximum atomic E-state index is 13.0. The van der Waals surface area contributed by atoms with Crippen molar-refractivity contribution in [1.29, 1.82) is 0 Å². The van der Waals surface area contributed by atoms with Crippen molar-refractivity contribution >= 4 is 5.97 Å². The van der Waals surface area contributed by atoms with Gasteiger partial charge in [0.1, 0.15) is 5.82 Å². The van der Waals surface area contributed by atoms with E-state index in [9.17, 15) is 9.18 Å². The van der Waals surface area contributed by atoms with Crippen LogP contribution < -0.4 is 0 Å². The number of carbonyl (C=O) groups is 1. The second-order valence-corrected chi connectivity index (χ2v) is 3.77. The third kappa shape index (κ3) is 3.35. The number of aliphatic carboxylic acids is 1. The van der Waals surface area contributed by atoms with Gasteiger partial charge in [-0.25, -0.2) is 4.39 Å².